The zero-order valence-electron chi connectivity index (χ0n) is 8.43. The van der Waals surface area contributed by atoms with Gasteiger partial charge in [-0.25, -0.2) is 4.79 Å². The van der Waals surface area contributed by atoms with Crippen molar-refractivity contribution in [3.8, 4) is 5.75 Å². The molecule has 0 unspecified atom stereocenters. The standard InChI is InChI=1S/C9H11N3O3/c1-14-7-5-3-4-6(9(13)15-2)8(7)11-12-10/h3-5H,1-2H3,(H2,10,11). The molecule has 0 bridgehead atoms. The van der Waals surface area contributed by atoms with Gasteiger partial charge in [-0.1, -0.05) is 11.3 Å². The highest BCUT2D eigenvalue weighted by Gasteiger charge is 2.15. The van der Waals surface area contributed by atoms with E-state index in [1.165, 1.54) is 14.2 Å². The highest BCUT2D eigenvalue weighted by molar-refractivity contribution is 5.96. The molecule has 80 valence electrons. The number of nitrogens with zero attached hydrogens (tertiary/aromatic N) is 2. The molecule has 0 aliphatic heterocycles. The van der Waals surface area contributed by atoms with Gasteiger partial charge in [-0.3, -0.25) is 0 Å². The first-order valence-corrected chi connectivity index (χ1v) is 4.10. The minimum absolute atomic E-state index is 0.256. The van der Waals surface area contributed by atoms with Crippen molar-refractivity contribution in [1.82, 2.24) is 0 Å². The quantitative estimate of drug-likeness (QED) is 0.353. The molecule has 6 nitrogen and oxygen atoms in total. The largest absolute Gasteiger partial charge is 0.494 e. The molecule has 0 aliphatic rings. The Hall–Kier alpha value is -2.11. The third-order valence-corrected chi connectivity index (χ3v) is 1.78. The van der Waals surface area contributed by atoms with Gasteiger partial charge in [0.15, 0.2) is 0 Å². The molecular weight excluding hydrogens is 198 g/mol. The second kappa shape index (κ2) is 4.94. The molecule has 0 amide bonds. The third kappa shape index (κ3) is 2.22. The van der Waals surface area contributed by atoms with Gasteiger partial charge in [0, 0.05) is 0 Å². The van der Waals surface area contributed by atoms with Crippen LogP contribution in [0, 0.1) is 0 Å². The Morgan fingerprint density at radius 1 is 1.40 bits per heavy atom. The van der Waals surface area contributed by atoms with E-state index in [1.807, 2.05) is 0 Å². The number of esters is 1. The van der Waals surface area contributed by atoms with Gasteiger partial charge in [0.25, 0.3) is 0 Å². The topological polar surface area (TPSA) is 86.3 Å². The highest BCUT2D eigenvalue weighted by Crippen LogP contribution is 2.31. The number of rotatable bonds is 3. The van der Waals surface area contributed by atoms with Crippen molar-refractivity contribution in [1.29, 1.82) is 0 Å². The van der Waals surface area contributed by atoms with E-state index in [2.05, 4.69) is 15.1 Å². The van der Waals surface area contributed by atoms with Crippen LogP contribution in [0.25, 0.3) is 0 Å². The summed E-state index contributed by atoms with van der Waals surface area (Å²) >= 11 is 0. The monoisotopic (exact) mass is 209 g/mol. The molecule has 0 aliphatic carbocycles. The van der Waals surface area contributed by atoms with Gasteiger partial charge in [-0.2, -0.15) is 0 Å². The predicted octanol–water partition coefficient (Wildman–Crippen LogP) is 1.44. The van der Waals surface area contributed by atoms with Crippen molar-refractivity contribution in [3.05, 3.63) is 23.8 Å². The third-order valence-electron chi connectivity index (χ3n) is 1.78. The molecule has 0 radical (unpaired) electrons. The summed E-state index contributed by atoms with van der Waals surface area (Å²) in [5.41, 5.74) is 0.514. The summed E-state index contributed by atoms with van der Waals surface area (Å²) in [6.45, 7) is 0. The number of benzene rings is 1. The van der Waals surface area contributed by atoms with Crippen molar-refractivity contribution in [2.45, 2.75) is 0 Å². The van der Waals surface area contributed by atoms with Gasteiger partial charge >= 0.3 is 5.97 Å². The van der Waals surface area contributed by atoms with E-state index < -0.39 is 5.97 Å². The molecule has 0 heterocycles. The summed E-state index contributed by atoms with van der Waals surface area (Å²) in [6, 6.07) is 4.86. The Morgan fingerprint density at radius 2 is 2.13 bits per heavy atom. The van der Waals surface area contributed by atoms with Crippen molar-refractivity contribution >= 4 is 11.7 Å². The molecule has 2 N–H and O–H groups in total. The summed E-state index contributed by atoms with van der Waals surface area (Å²) in [5, 5.41) is 6.75. The van der Waals surface area contributed by atoms with Gasteiger partial charge in [0.1, 0.15) is 11.4 Å². The zero-order valence-corrected chi connectivity index (χ0v) is 8.43. The maximum atomic E-state index is 11.4. The summed E-state index contributed by atoms with van der Waals surface area (Å²) in [6.07, 6.45) is 0. The van der Waals surface area contributed by atoms with Gasteiger partial charge in [-0.05, 0) is 12.1 Å². The maximum absolute atomic E-state index is 11.4. The van der Waals surface area contributed by atoms with Gasteiger partial charge < -0.3 is 15.3 Å². The van der Waals surface area contributed by atoms with Crippen LogP contribution in [-0.4, -0.2) is 20.2 Å². The molecule has 15 heavy (non-hydrogen) atoms. The lowest BCUT2D eigenvalue weighted by molar-refractivity contribution is 0.0601. The fraction of sp³-hybridized carbons (Fsp3) is 0.222. The van der Waals surface area contributed by atoms with Crippen LogP contribution in [-0.2, 0) is 4.74 Å². The van der Waals surface area contributed by atoms with Crippen LogP contribution in [0.15, 0.2) is 28.5 Å². The van der Waals surface area contributed by atoms with Crippen LogP contribution in [0.3, 0.4) is 0 Å². The lowest BCUT2D eigenvalue weighted by Gasteiger charge is -2.06. The molecular formula is C9H11N3O3. The second-order valence-electron chi connectivity index (χ2n) is 2.56. The smallest absolute Gasteiger partial charge is 0.340 e. The first-order chi connectivity index (χ1) is 7.24. The SMILES string of the molecule is COC(=O)c1cccc(OC)c1N=NN. The fourth-order valence-electron chi connectivity index (χ4n) is 1.12. The highest BCUT2D eigenvalue weighted by atomic mass is 16.5. The lowest BCUT2D eigenvalue weighted by atomic mass is 10.1. The van der Waals surface area contributed by atoms with Crippen molar-refractivity contribution < 1.29 is 14.3 Å². The fourth-order valence-corrected chi connectivity index (χ4v) is 1.12. The molecule has 0 aromatic heterocycles. The van der Waals surface area contributed by atoms with E-state index >= 15 is 0 Å². The minimum Gasteiger partial charge on any atom is -0.494 e. The normalized spacial score (nSPS) is 10.3. The Morgan fingerprint density at radius 3 is 2.67 bits per heavy atom. The van der Waals surface area contributed by atoms with Gasteiger partial charge in [0.05, 0.1) is 19.8 Å². The second-order valence-corrected chi connectivity index (χ2v) is 2.56. The van der Waals surface area contributed by atoms with Crippen LogP contribution < -0.4 is 10.6 Å². The van der Waals surface area contributed by atoms with E-state index in [4.69, 9.17) is 10.6 Å². The van der Waals surface area contributed by atoms with Crippen molar-refractivity contribution in [2.75, 3.05) is 14.2 Å². The Bertz CT molecular complexity index is 390. The lowest BCUT2D eigenvalue weighted by Crippen LogP contribution is -2.02. The Labute approximate surface area is 86.7 Å². The molecule has 6 heteroatoms. The summed E-state index contributed by atoms with van der Waals surface area (Å²) < 4.78 is 9.60. The number of methoxy groups -OCH3 is 2. The number of nitrogens with two attached hydrogens (primary N) is 1. The molecule has 1 aromatic rings. The van der Waals surface area contributed by atoms with E-state index in [1.54, 1.807) is 18.2 Å². The average molecular weight is 209 g/mol. The molecule has 1 rings (SSSR count). The summed E-state index contributed by atoms with van der Waals surface area (Å²) in [4.78, 5) is 11.4. The number of hydrogen-bond acceptors (Lipinski definition) is 5. The number of hydrogen-bond donors (Lipinski definition) is 1. The van der Waals surface area contributed by atoms with Crippen LogP contribution in [0.5, 0.6) is 5.75 Å². The number of carbonyl (C=O) groups excluding carboxylic acids is 1. The van der Waals surface area contributed by atoms with E-state index in [9.17, 15) is 4.79 Å². The molecule has 0 saturated carbocycles. The first-order valence-electron chi connectivity index (χ1n) is 4.10. The molecule has 0 spiro atoms. The molecule has 0 saturated heterocycles. The van der Waals surface area contributed by atoms with Crippen LogP contribution in [0.4, 0.5) is 5.69 Å². The van der Waals surface area contributed by atoms with E-state index in [0.717, 1.165) is 0 Å². The van der Waals surface area contributed by atoms with Crippen molar-refractivity contribution in [2.24, 2.45) is 16.2 Å². The van der Waals surface area contributed by atoms with Gasteiger partial charge in [-0.15, -0.1) is 5.11 Å². The molecule has 0 fully saturated rings. The minimum atomic E-state index is -0.517. The Kier molecular flexibility index (Phi) is 3.61. The molecule has 0 atom stereocenters. The van der Waals surface area contributed by atoms with Crippen LogP contribution in [0.1, 0.15) is 10.4 Å². The number of ether oxygens (including phenoxy) is 2. The maximum Gasteiger partial charge on any atom is 0.340 e. The van der Waals surface area contributed by atoms with E-state index in [0.29, 0.717) is 5.75 Å². The summed E-state index contributed by atoms with van der Waals surface area (Å²) in [7, 11) is 2.75. The van der Waals surface area contributed by atoms with Crippen LogP contribution in [0.2, 0.25) is 0 Å². The van der Waals surface area contributed by atoms with E-state index in [-0.39, 0.29) is 11.3 Å². The molecule has 1 aromatic carbocycles. The van der Waals surface area contributed by atoms with Crippen LogP contribution >= 0.6 is 0 Å². The zero-order chi connectivity index (χ0) is 11.3. The first kappa shape index (κ1) is 11.0. The van der Waals surface area contributed by atoms with Gasteiger partial charge in [0.2, 0.25) is 0 Å². The summed E-state index contributed by atoms with van der Waals surface area (Å²) in [5.74, 6) is 4.84. The predicted molar refractivity (Wildman–Crippen MR) is 53.0 cm³/mol. The average Bonchev–Trinajstić information content (AvgIpc) is 2.28. The Balaban J connectivity index is 3.31. The number of carbonyl (C=O) groups is 1. The van der Waals surface area contributed by atoms with Crippen molar-refractivity contribution in [3.63, 3.8) is 0 Å².